The lowest BCUT2D eigenvalue weighted by molar-refractivity contribution is 0.761. The summed E-state index contributed by atoms with van der Waals surface area (Å²) < 4.78 is 1.63. The van der Waals surface area contributed by atoms with E-state index in [2.05, 4.69) is 15.1 Å². The summed E-state index contributed by atoms with van der Waals surface area (Å²) in [7, 11) is 1.79. The summed E-state index contributed by atoms with van der Waals surface area (Å²) in [6.45, 7) is 1.97. The fourth-order valence-corrected chi connectivity index (χ4v) is 1.42. The molecule has 5 nitrogen and oxygen atoms in total. The molecular formula is C8H10N4O. The van der Waals surface area contributed by atoms with Crippen molar-refractivity contribution >= 4 is 11.0 Å². The van der Waals surface area contributed by atoms with Gasteiger partial charge in [0.25, 0.3) is 5.56 Å². The van der Waals surface area contributed by atoms with Gasteiger partial charge in [0.2, 0.25) is 0 Å². The summed E-state index contributed by atoms with van der Waals surface area (Å²) in [5.74, 6) is 0. The topological polar surface area (TPSA) is 63.6 Å². The Morgan fingerprint density at radius 3 is 3.08 bits per heavy atom. The molecule has 5 heteroatoms. The Kier molecular flexibility index (Phi) is 1.65. The highest BCUT2D eigenvalue weighted by Gasteiger charge is 2.10. The van der Waals surface area contributed by atoms with E-state index in [4.69, 9.17) is 0 Å². The van der Waals surface area contributed by atoms with Crippen LogP contribution in [0.25, 0.3) is 11.0 Å². The van der Waals surface area contributed by atoms with Gasteiger partial charge in [0, 0.05) is 7.05 Å². The first-order valence-corrected chi connectivity index (χ1v) is 4.13. The minimum Gasteiger partial charge on any atom is -0.312 e. The maximum Gasteiger partial charge on any atom is 0.262 e. The highest BCUT2D eigenvalue weighted by Crippen LogP contribution is 2.10. The molecule has 0 saturated heterocycles. The maximum absolute atomic E-state index is 11.4. The Balaban J connectivity index is 2.97. The number of hydrogen-bond acceptors (Lipinski definition) is 3. The molecule has 0 spiro atoms. The zero-order valence-electron chi connectivity index (χ0n) is 7.53. The summed E-state index contributed by atoms with van der Waals surface area (Å²) >= 11 is 0. The lowest BCUT2D eigenvalue weighted by Gasteiger charge is -1.89. The lowest BCUT2D eigenvalue weighted by Crippen LogP contribution is -2.07. The Hall–Kier alpha value is -1.65. The smallest absolute Gasteiger partial charge is 0.262 e. The minimum absolute atomic E-state index is 0.116. The summed E-state index contributed by atoms with van der Waals surface area (Å²) in [5, 5.41) is 4.81. The Morgan fingerprint density at radius 1 is 1.62 bits per heavy atom. The number of H-pyrrole nitrogens is 1. The van der Waals surface area contributed by atoms with Gasteiger partial charge < -0.3 is 4.98 Å². The third-order valence-corrected chi connectivity index (χ3v) is 2.03. The van der Waals surface area contributed by atoms with Gasteiger partial charge in [-0.05, 0) is 6.42 Å². The van der Waals surface area contributed by atoms with E-state index in [-0.39, 0.29) is 5.56 Å². The van der Waals surface area contributed by atoms with E-state index in [0.29, 0.717) is 11.0 Å². The van der Waals surface area contributed by atoms with Gasteiger partial charge in [-0.15, -0.1) is 0 Å². The SMILES string of the molecule is CCc1nn(C)c2nc[nH]c(=O)c12. The Labute approximate surface area is 74.4 Å². The second-order valence-corrected chi connectivity index (χ2v) is 2.85. The normalized spacial score (nSPS) is 10.9. The molecule has 1 N–H and O–H groups in total. The van der Waals surface area contributed by atoms with Gasteiger partial charge in [-0.3, -0.25) is 4.79 Å². The van der Waals surface area contributed by atoms with Crippen molar-refractivity contribution in [3.05, 3.63) is 22.4 Å². The number of aromatic amines is 1. The zero-order chi connectivity index (χ0) is 9.42. The Bertz CT molecular complexity index is 496. The van der Waals surface area contributed by atoms with Crippen molar-refractivity contribution < 1.29 is 0 Å². The predicted molar refractivity (Wildman–Crippen MR) is 48.5 cm³/mol. The molecule has 2 heterocycles. The van der Waals surface area contributed by atoms with Crippen molar-refractivity contribution in [2.75, 3.05) is 0 Å². The van der Waals surface area contributed by atoms with Crippen LogP contribution in [0, 0.1) is 0 Å². The largest absolute Gasteiger partial charge is 0.312 e. The highest BCUT2D eigenvalue weighted by atomic mass is 16.1. The average molecular weight is 178 g/mol. The number of aromatic nitrogens is 4. The standard InChI is InChI=1S/C8H10N4O/c1-3-5-6-7(12(2)11-5)9-4-10-8(6)13/h4H,3H2,1-2H3,(H,9,10,13). The van der Waals surface area contributed by atoms with Gasteiger partial charge in [-0.2, -0.15) is 5.10 Å². The highest BCUT2D eigenvalue weighted by molar-refractivity contribution is 5.76. The molecular weight excluding hydrogens is 168 g/mol. The van der Waals surface area contributed by atoms with Gasteiger partial charge in [0.1, 0.15) is 5.39 Å². The first-order valence-electron chi connectivity index (χ1n) is 4.13. The lowest BCUT2D eigenvalue weighted by atomic mass is 10.2. The Morgan fingerprint density at radius 2 is 2.38 bits per heavy atom. The molecule has 0 aliphatic rings. The number of rotatable bonds is 1. The van der Waals surface area contributed by atoms with Crippen LogP contribution in [0.3, 0.4) is 0 Å². The first kappa shape index (κ1) is 7.97. The molecule has 0 fully saturated rings. The summed E-state index contributed by atoms with van der Waals surface area (Å²) in [6.07, 6.45) is 2.14. The molecule has 0 atom stereocenters. The molecule has 2 aromatic rings. The molecule has 0 aliphatic carbocycles. The third-order valence-electron chi connectivity index (χ3n) is 2.03. The quantitative estimate of drug-likeness (QED) is 0.679. The molecule has 0 amide bonds. The van der Waals surface area contributed by atoms with Crippen molar-refractivity contribution in [3.63, 3.8) is 0 Å². The number of hydrogen-bond donors (Lipinski definition) is 1. The van der Waals surface area contributed by atoms with E-state index in [1.165, 1.54) is 6.33 Å². The summed E-state index contributed by atoms with van der Waals surface area (Å²) in [4.78, 5) is 18.0. The first-order chi connectivity index (χ1) is 6.24. The van der Waals surface area contributed by atoms with Crippen LogP contribution in [-0.2, 0) is 13.5 Å². The van der Waals surface area contributed by atoms with Crippen LogP contribution in [-0.4, -0.2) is 19.7 Å². The average Bonchev–Trinajstić information content (AvgIpc) is 2.45. The molecule has 13 heavy (non-hydrogen) atoms. The third kappa shape index (κ3) is 1.04. The maximum atomic E-state index is 11.4. The number of fused-ring (bicyclic) bond motifs is 1. The molecule has 2 aromatic heterocycles. The van der Waals surface area contributed by atoms with E-state index in [1.54, 1.807) is 11.7 Å². The van der Waals surface area contributed by atoms with Crippen molar-refractivity contribution in [2.24, 2.45) is 7.05 Å². The summed E-state index contributed by atoms with van der Waals surface area (Å²) in [5.41, 5.74) is 1.32. The molecule has 2 rings (SSSR count). The van der Waals surface area contributed by atoms with E-state index < -0.39 is 0 Å². The van der Waals surface area contributed by atoms with Crippen LogP contribution < -0.4 is 5.56 Å². The molecule has 0 bridgehead atoms. The monoisotopic (exact) mass is 178 g/mol. The van der Waals surface area contributed by atoms with Crippen LogP contribution in [0.5, 0.6) is 0 Å². The number of nitrogens with one attached hydrogen (secondary N) is 1. The van der Waals surface area contributed by atoms with Gasteiger partial charge in [-0.1, -0.05) is 6.92 Å². The van der Waals surface area contributed by atoms with E-state index in [0.717, 1.165) is 12.1 Å². The van der Waals surface area contributed by atoms with Gasteiger partial charge in [-0.25, -0.2) is 9.67 Å². The van der Waals surface area contributed by atoms with Crippen molar-refractivity contribution in [1.29, 1.82) is 0 Å². The molecule has 0 aliphatic heterocycles. The van der Waals surface area contributed by atoms with Crippen molar-refractivity contribution in [3.8, 4) is 0 Å². The van der Waals surface area contributed by atoms with Gasteiger partial charge in [0.05, 0.1) is 12.0 Å². The minimum atomic E-state index is -0.116. The van der Waals surface area contributed by atoms with Crippen LogP contribution in [0.15, 0.2) is 11.1 Å². The van der Waals surface area contributed by atoms with E-state index in [1.807, 2.05) is 6.92 Å². The van der Waals surface area contributed by atoms with Crippen molar-refractivity contribution in [1.82, 2.24) is 19.7 Å². The fourth-order valence-electron chi connectivity index (χ4n) is 1.42. The van der Waals surface area contributed by atoms with Crippen LogP contribution in [0.1, 0.15) is 12.6 Å². The second-order valence-electron chi connectivity index (χ2n) is 2.85. The number of nitrogens with zero attached hydrogens (tertiary/aromatic N) is 3. The summed E-state index contributed by atoms with van der Waals surface area (Å²) in [6, 6.07) is 0. The molecule has 0 unspecified atom stereocenters. The second kappa shape index (κ2) is 2.69. The van der Waals surface area contributed by atoms with Gasteiger partial charge >= 0.3 is 0 Å². The predicted octanol–water partition coefficient (Wildman–Crippen LogP) is 0.219. The van der Waals surface area contributed by atoms with Gasteiger partial charge in [0.15, 0.2) is 5.65 Å². The van der Waals surface area contributed by atoms with Crippen LogP contribution >= 0.6 is 0 Å². The molecule has 0 aromatic carbocycles. The number of aryl methyl sites for hydroxylation is 2. The molecule has 0 saturated carbocycles. The van der Waals surface area contributed by atoms with Crippen LogP contribution in [0.2, 0.25) is 0 Å². The fraction of sp³-hybridized carbons (Fsp3) is 0.375. The van der Waals surface area contributed by atoms with Crippen molar-refractivity contribution in [2.45, 2.75) is 13.3 Å². The van der Waals surface area contributed by atoms with E-state index >= 15 is 0 Å². The molecule has 68 valence electrons. The zero-order valence-corrected chi connectivity index (χ0v) is 7.53. The van der Waals surface area contributed by atoms with Crippen LogP contribution in [0.4, 0.5) is 0 Å². The van der Waals surface area contributed by atoms with E-state index in [9.17, 15) is 4.79 Å². The molecule has 0 radical (unpaired) electrons.